The van der Waals surface area contributed by atoms with Crippen LogP contribution in [0.25, 0.3) is 11.4 Å². The monoisotopic (exact) mass is 287 g/mol. The second-order valence-electron chi connectivity index (χ2n) is 4.36. The van der Waals surface area contributed by atoms with Crippen LogP contribution in [0.4, 0.5) is 14.5 Å². The summed E-state index contributed by atoms with van der Waals surface area (Å²) in [6, 6.07) is 13.0. The molecular weight excluding hydrogens is 276 g/mol. The zero-order valence-electron chi connectivity index (χ0n) is 10.9. The number of anilines is 1. The molecule has 0 aliphatic heterocycles. The lowest BCUT2D eigenvalue weighted by molar-refractivity contribution is 0.384. The second kappa shape index (κ2) is 5.70. The Morgan fingerprint density at radius 3 is 2.57 bits per heavy atom. The van der Waals surface area contributed by atoms with Crippen molar-refractivity contribution < 1.29 is 13.3 Å². The smallest absolute Gasteiger partial charge is 0.246 e. The number of hydrogen-bond acceptors (Lipinski definition) is 4. The van der Waals surface area contributed by atoms with Crippen molar-refractivity contribution in [2.75, 3.05) is 5.32 Å². The summed E-state index contributed by atoms with van der Waals surface area (Å²) in [6.07, 6.45) is 0. The van der Waals surface area contributed by atoms with E-state index < -0.39 is 11.6 Å². The van der Waals surface area contributed by atoms with Crippen molar-refractivity contribution in [1.29, 1.82) is 0 Å². The predicted molar refractivity (Wildman–Crippen MR) is 73.4 cm³/mol. The van der Waals surface area contributed by atoms with Crippen molar-refractivity contribution in [1.82, 2.24) is 10.1 Å². The molecular formula is C15H11F2N3O. The van der Waals surface area contributed by atoms with Crippen molar-refractivity contribution in [3.63, 3.8) is 0 Å². The normalized spacial score (nSPS) is 10.6. The van der Waals surface area contributed by atoms with Crippen LogP contribution < -0.4 is 5.32 Å². The van der Waals surface area contributed by atoms with Crippen molar-refractivity contribution in [3.8, 4) is 11.4 Å². The molecule has 0 atom stereocenters. The van der Waals surface area contributed by atoms with Gasteiger partial charge in [0.05, 0.1) is 6.54 Å². The molecule has 0 saturated heterocycles. The topological polar surface area (TPSA) is 51.0 Å². The van der Waals surface area contributed by atoms with Crippen molar-refractivity contribution in [3.05, 3.63) is 66.1 Å². The molecule has 4 nitrogen and oxygen atoms in total. The van der Waals surface area contributed by atoms with Gasteiger partial charge in [-0.15, -0.1) is 0 Å². The number of para-hydroxylation sites is 1. The average molecular weight is 287 g/mol. The van der Waals surface area contributed by atoms with Crippen LogP contribution in [-0.4, -0.2) is 10.1 Å². The van der Waals surface area contributed by atoms with E-state index in [9.17, 15) is 8.78 Å². The maximum absolute atomic E-state index is 13.2. The van der Waals surface area contributed by atoms with Gasteiger partial charge >= 0.3 is 0 Å². The Hall–Kier alpha value is -2.76. The molecule has 0 spiro atoms. The molecule has 3 rings (SSSR count). The zero-order valence-corrected chi connectivity index (χ0v) is 10.9. The van der Waals surface area contributed by atoms with Gasteiger partial charge in [0.1, 0.15) is 0 Å². The Morgan fingerprint density at radius 1 is 1.00 bits per heavy atom. The SMILES string of the molecule is Fc1ccc(-c2noc(CNc3ccccc3)n2)cc1F. The summed E-state index contributed by atoms with van der Waals surface area (Å²) in [7, 11) is 0. The predicted octanol–water partition coefficient (Wildman–Crippen LogP) is 3.63. The largest absolute Gasteiger partial charge is 0.376 e. The molecule has 3 aromatic rings. The van der Waals surface area contributed by atoms with Gasteiger partial charge in [-0.3, -0.25) is 0 Å². The fraction of sp³-hybridized carbons (Fsp3) is 0.0667. The van der Waals surface area contributed by atoms with Crippen LogP contribution in [0.5, 0.6) is 0 Å². The van der Waals surface area contributed by atoms with Crippen molar-refractivity contribution in [2.45, 2.75) is 6.54 Å². The fourth-order valence-electron chi connectivity index (χ4n) is 1.81. The highest BCUT2D eigenvalue weighted by molar-refractivity contribution is 5.54. The summed E-state index contributed by atoms with van der Waals surface area (Å²) in [5.41, 5.74) is 1.29. The third kappa shape index (κ3) is 3.05. The standard InChI is InChI=1S/C15H11F2N3O/c16-12-7-6-10(8-13(12)17)15-19-14(21-20-15)9-18-11-4-2-1-3-5-11/h1-8,18H,9H2. The van der Waals surface area contributed by atoms with Crippen LogP contribution in [0, 0.1) is 11.6 Å². The van der Waals surface area contributed by atoms with Gasteiger partial charge in [-0.25, -0.2) is 8.78 Å². The maximum atomic E-state index is 13.2. The number of halogens is 2. The summed E-state index contributed by atoms with van der Waals surface area (Å²) in [5.74, 6) is -1.27. The minimum atomic E-state index is -0.943. The molecule has 0 aliphatic rings. The minimum Gasteiger partial charge on any atom is -0.376 e. The van der Waals surface area contributed by atoms with E-state index in [4.69, 9.17) is 4.52 Å². The van der Waals surface area contributed by atoms with E-state index in [1.807, 2.05) is 30.3 Å². The average Bonchev–Trinajstić information content (AvgIpc) is 2.98. The molecule has 2 aromatic carbocycles. The van der Waals surface area contributed by atoms with E-state index in [-0.39, 0.29) is 5.82 Å². The van der Waals surface area contributed by atoms with Crippen LogP contribution in [0.1, 0.15) is 5.89 Å². The highest BCUT2D eigenvalue weighted by Crippen LogP contribution is 2.19. The first-order valence-corrected chi connectivity index (χ1v) is 6.29. The van der Waals surface area contributed by atoms with Gasteiger partial charge in [0, 0.05) is 11.3 Å². The molecule has 1 aromatic heterocycles. The molecule has 6 heteroatoms. The first-order chi connectivity index (χ1) is 10.2. The van der Waals surface area contributed by atoms with Crippen LogP contribution in [0.3, 0.4) is 0 Å². The summed E-state index contributed by atoms with van der Waals surface area (Å²) in [5, 5.41) is 6.87. The third-order valence-electron chi connectivity index (χ3n) is 2.86. The molecule has 1 heterocycles. The molecule has 106 valence electrons. The summed E-state index contributed by atoms with van der Waals surface area (Å²) >= 11 is 0. The van der Waals surface area contributed by atoms with Crippen molar-refractivity contribution in [2.24, 2.45) is 0 Å². The van der Waals surface area contributed by atoms with E-state index >= 15 is 0 Å². The van der Waals surface area contributed by atoms with Crippen LogP contribution >= 0.6 is 0 Å². The van der Waals surface area contributed by atoms with Gasteiger partial charge in [-0.1, -0.05) is 23.4 Å². The minimum absolute atomic E-state index is 0.221. The molecule has 0 amide bonds. The van der Waals surface area contributed by atoms with Gasteiger partial charge in [0.15, 0.2) is 11.6 Å². The number of rotatable bonds is 4. The van der Waals surface area contributed by atoms with E-state index in [0.29, 0.717) is 18.0 Å². The van der Waals surface area contributed by atoms with E-state index in [0.717, 1.165) is 17.8 Å². The van der Waals surface area contributed by atoms with Gasteiger partial charge in [0.25, 0.3) is 0 Å². The summed E-state index contributed by atoms with van der Waals surface area (Å²) < 4.78 is 31.1. The van der Waals surface area contributed by atoms with Gasteiger partial charge < -0.3 is 9.84 Å². The molecule has 0 aliphatic carbocycles. The van der Waals surface area contributed by atoms with Crippen LogP contribution in [-0.2, 0) is 6.54 Å². The van der Waals surface area contributed by atoms with Gasteiger partial charge in [0.2, 0.25) is 11.7 Å². The quantitative estimate of drug-likeness (QED) is 0.796. The van der Waals surface area contributed by atoms with Crippen LogP contribution in [0.2, 0.25) is 0 Å². The van der Waals surface area contributed by atoms with E-state index in [1.54, 1.807) is 0 Å². The molecule has 1 N–H and O–H groups in total. The highest BCUT2D eigenvalue weighted by atomic mass is 19.2. The summed E-state index contributed by atoms with van der Waals surface area (Å²) in [4.78, 5) is 4.14. The molecule has 0 radical (unpaired) electrons. The van der Waals surface area contributed by atoms with E-state index in [2.05, 4.69) is 15.5 Å². The lowest BCUT2D eigenvalue weighted by Gasteiger charge is -2.01. The lowest BCUT2D eigenvalue weighted by atomic mass is 10.2. The first-order valence-electron chi connectivity index (χ1n) is 6.29. The molecule has 0 unspecified atom stereocenters. The van der Waals surface area contributed by atoms with Gasteiger partial charge in [-0.2, -0.15) is 4.98 Å². The molecule has 21 heavy (non-hydrogen) atoms. The Balaban J connectivity index is 1.72. The molecule has 0 fully saturated rings. The molecule has 0 bridgehead atoms. The molecule has 0 saturated carbocycles. The van der Waals surface area contributed by atoms with Gasteiger partial charge in [-0.05, 0) is 30.3 Å². The lowest BCUT2D eigenvalue weighted by Crippen LogP contribution is -1.99. The fourth-order valence-corrected chi connectivity index (χ4v) is 1.81. The second-order valence-corrected chi connectivity index (χ2v) is 4.36. The van der Waals surface area contributed by atoms with Crippen molar-refractivity contribution >= 4 is 5.69 Å². The first kappa shape index (κ1) is 13.2. The van der Waals surface area contributed by atoms with E-state index in [1.165, 1.54) is 6.07 Å². The zero-order chi connectivity index (χ0) is 14.7. The third-order valence-corrected chi connectivity index (χ3v) is 2.86. The number of hydrogen-bond donors (Lipinski definition) is 1. The Bertz CT molecular complexity index is 744. The number of nitrogens with one attached hydrogen (secondary N) is 1. The van der Waals surface area contributed by atoms with Crippen LogP contribution in [0.15, 0.2) is 53.1 Å². The highest BCUT2D eigenvalue weighted by Gasteiger charge is 2.11. The maximum Gasteiger partial charge on any atom is 0.246 e. The number of aromatic nitrogens is 2. The Morgan fingerprint density at radius 2 is 1.81 bits per heavy atom. The Kier molecular flexibility index (Phi) is 3.59. The Labute approximate surface area is 119 Å². The number of benzene rings is 2. The summed E-state index contributed by atoms with van der Waals surface area (Å²) in [6.45, 7) is 0.348. The number of nitrogens with zero attached hydrogens (tertiary/aromatic N) is 2.